The fourth-order valence-corrected chi connectivity index (χ4v) is 7.16. The lowest BCUT2D eigenvalue weighted by Gasteiger charge is -2.27. The summed E-state index contributed by atoms with van der Waals surface area (Å²) in [5.74, 6) is 0. The molecule has 0 saturated heterocycles. The molecule has 2 nitrogen and oxygen atoms in total. The summed E-state index contributed by atoms with van der Waals surface area (Å²) in [5.41, 5.74) is 11.8. The van der Waals surface area contributed by atoms with E-state index in [2.05, 4.69) is 204 Å². The Labute approximate surface area is 280 Å². The van der Waals surface area contributed by atoms with Gasteiger partial charge in [-0.3, -0.25) is 0 Å². The molecule has 8 aromatic carbocycles. The maximum absolute atomic E-state index is 2.37. The lowest BCUT2D eigenvalue weighted by Crippen LogP contribution is -2.10. The number of hydrogen-bond donors (Lipinski definition) is 0. The average molecular weight is 613 g/mol. The van der Waals surface area contributed by atoms with Gasteiger partial charge in [0.2, 0.25) is 0 Å². The second-order valence-electron chi connectivity index (χ2n) is 12.2. The van der Waals surface area contributed by atoms with Gasteiger partial charge >= 0.3 is 0 Å². The minimum absolute atomic E-state index is 1.12. The number of benzene rings is 8. The van der Waals surface area contributed by atoms with Crippen molar-refractivity contribution in [3.05, 3.63) is 194 Å². The van der Waals surface area contributed by atoms with Gasteiger partial charge in [-0.1, -0.05) is 133 Å². The van der Waals surface area contributed by atoms with Gasteiger partial charge in [0.1, 0.15) is 0 Å². The van der Waals surface area contributed by atoms with E-state index in [1.807, 2.05) is 0 Å². The summed E-state index contributed by atoms with van der Waals surface area (Å²) in [6, 6.07) is 69.8. The van der Waals surface area contributed by atoms with Gasteiger partial charge in [0, 0.05) is 33.2 Å². The van der Waals surface area contributed by atoms with E-state index < -0.39 is 0 Å². The number of hydrogen-bond acceptors (Lipinski definition) is 1. The molecule has 0 amide bonds. The Balaban J connectivity index is 1.20. The van der Waals surface area contributed by atoms with Crippen molar-refractivity contribution in [2.75, 3.05) is 4.90 Å². The molecule has 2 heteroatoms. The summed E-state index contributed by atoms with van der Waals surface area (Å²) in [6.45, 7) is 0. The van der Waals surface area contributed by atoms with Crippen LogP contribution in [0.1, 0.15) is 0 Å². The molecule has 9 rings (SSSR count). The van der Waals surface area contributed by atoms with Crippen LogP contribution in [0.2, 0.25) is 0 Å². The molecule has 226 valence electrons. The Morgan fingerprint density at radius 2 is 0.875 bits per heavy atom. The number of anilines is 3. The van der Waals surface area contributed by atoms with E-state index in [0.29, 0.717) is 0 Å². The van der Waals surface area contributed by atoms with Crippen LogP contribution < -0.4 is 4.90 Å². The third kappa shape index (κ3) is 4.74. The van der Waals surface area contributed by atoms with E-state index in [1.165, 1.54) is 60.5 Å². The molecule has 0 aliphatic rings. The Hall–Kier alpha value is -6.38. The Bertz CT molecular complexity index is 2530. The van der Waals surface area contributed by atoms with Crippen LogP contribution in [0, 0.1) is 0 Å². The standard InChI is InChI=1S/C46H32N2/c1-4-14-33(15-5-1)34-24-27-38(28-25-34)47(36-16-6-2-7-17-36)45-31-29-39(40-20-10-11-21-41(40)45)35-26-30-46-43(32-35)42-22-12-13-23-44(42)48(46)37-18-8-3-9-19-37/h1-32H. The second-order valence-corrected chi connectivity index (χ2v) is 12.2. The summed E-state index contributed by atoms with van der Waals surface area (Å²) < 4.78 is 2.37. The smallest absolute Gasteiger partial charge is 0.0541 e. The van der Waals surface area contributed by atoms with Crippen LogP contribution in [0.15, 0.2) is 194 Å². The molecule has 9 aromatic rings. The molecule has 0 aliphatic heterocycles. The van der Waals surface area contributed by atoms with Crippen LogP contribution in [0.4, 0.5) is 17.1 Å². The van der Waals surface area contributed by atoms with Crippen molar-refractivity contribution < 1.29 is 0 Å². The fraction of sp³-hybridized carbons (Fsp3) is 0. The first-order valence-corrected chi connectivity index (χ1v) is 16.4. The van der Waals surface area contributed by atoms with Gasteiger partial charge in [0.25, 0.3) is 0 Å². The highest BCUT2D eigenvalue weighted by molar-refractivity contribution is 6.12. The van der Waals surface area contributed by atoms with Crippen LogP contribution in [-0.4, -0.2) is 4.57 Å². The lowest BCUT2D eigenvalue weighted by molar-refractivity contribution is 1.18. The van der Waals surface area contributed by atoms with Crippen molar-refractivity contribution in [1.29, 1.82) is 0 Å². The molecule has 0 radical (unpaired) electrons. The van der Waals surface area contributed by atoms with Crippen molar-refractivity contribution in [3.8, 4) is 27.9 Å². The van der Waals surface area contributed by atoms with Crippen molar-refractivity contribution in [2.45, 2.75) is 0 Å². The predicted molar refractivity (Wildman–Crippen MR) is 204 cm³/mol. The topological polar surface area (TPSA) is 8.17 Å². The third-order valence-electron chi connectivity index (χ3n) is 9.39. The maximum Gasteiger partial charge on any atom is 0.0541 e. The Morgan fingerprint density at radius 1 is 0.333 bits per heavy atom. The first-order valence-electron chi connectivity index (χ1n) is 16.4. The highest BCUT2D eigenvalue weighted by atomic mass is 15.1. The zero-order chi connectivity index (χ0) is 31.9. The van der Waals surface area contributed by atoms with Gasteiger partial charge in [0.15, 0.2) is 0 Å². The van der Waals surface area contributed by atoms with Crippen LogP contribution in [0.25, 0.3) is 60.5 Å². The van der Waals surface area contributed by atoms with E-state index in [9.17, 15) is 0 Å². The van der Waals surface area contributed by atoms with Crippen molar-refractivity contribution in [3.63, 3.8) is 0 Å². The van der Waals surface area contributed by atoms with E-state index in [-0.39, 0.29) is 0 Å². The summed E-state index contributed by atoms with van der Waals surface area (Å²) in [5, 5.41) is 4.94. The van der Waals surface area contributed by atoms with Gasteiger partial charge in [-0.2, -0.15) is 0 Å². The van der Waals surface area contributed by atoms with Crippen LogP contribution in [-0.2, 0) is 0 Å². The van der Waals surface area contributed by atoms with Gasteiger partial charge in [-0.25, -0.2) is 0 Å². The molecule has 1 heterocycles. The SMILES string of the molecule is c1ccc(-c2ccc(N(c3ccccc3)c3ccc(-c4ccc5c(c4)c4ccccc4n5-c4ccccc4)c4ccccc34)cc2)cc1. The molecule has 0 fully saturated rings. The summed E-state index contributed by atoms with van der Waals surface area (Å²) in [4.78, 5) is 2.37. The minimum atomic E-state index is 1.12. The zero-order valence-electron chi connectivity index (χ0n) is 26.4. The number of fused-ring (bicyclic) bond motifs is 4. The van der Waals surface area contributed by atoms with E-state index in [1.54, 1.807) is 0 Å². The molecule has 0 unspecified atom stereocenters. The molecule has 1 aromatic heterocycles. The van der Waals surface area contributed by atoms with Crippen molar-refractivity contribution in [2.24, 2.45) is 0 Å². The monoisotopic (exact) mass is 612 g/mol. The molecular formula is C46H32N2. The fourth-order valence-electron chi connectivity index (χ4n) is 7.16. The first-order chi connectivity index (χ1) is 23.8. The summed E-state index contributed by atoms with van der Waals surface area (Å²) in [6.07, 6.45) is 0. The normalized spacial score (nSPS) is 11.3. The largest absolute Gasteiger partial charge is 0.310 e. The molecule has 0 bridgehead atoms. The molecule has 0 saturated carbocycles. The maximum atomic E-state index is 2.37. The van der Waals surface area contributed by atoms with Crippen LogP contribution >= 0.6 is 0 Å². The van der Waals surface area contributed by atoms with Gasteiger partial charge in [-0.15, -0.1) is 0 Å². The highest BCUT2D eigenvalue weighted by Gasteiger charge is 2.18. The van der Waals surface area contributed by atoms with Crippen molar-refractivity contribution in [1.82, 2.24) is 4.57 Å². The second kappa shape index (κ2) is 11.8. The number of rotatable bonds is 6. The molecular weight excluding hydrogens is 581 g/mol. The minimum Gasteiger partial charge on any atom is -0.310 e. The summed E-state index contributed by atoms with van der Waals surface area (Å²) >= 11 is 0. The van der Waals surface area contributed by atoms with E-state index in [0.717, 1.165) is 17.1 Å². The van der Waals surface area contributed by atoms with E-state index in [4.69, 9.17) is 0 Å². The highest BCUT2D eigenvalue weighted by Crippen LogP contribution is 2.43. The third-order valence-corrected chi connectivity index (χ3v) is 9.39. The number of para-hydroxylation sites is 3. The number of nitrogens with zero attached hydrogens (tertiary/aromatic N) is 2. The quantitative estimate of drug-likeness (QED) is 0.181. The molecule has 48 heavy (non-hydrogen) atoms. The molecule has 0 N–H and O–H groups in total. The predicted octanol–water partition coefficient (Wildman–Crippen LogP) is 12.7. The summed E-state index contributed by atoms with van der Waals surface area (Å²) in [7, 11) is 0. The van der Waals surface area contributed by atoms with Gasteiger partial charge < -0.3 is 9.47 Å². The lowest BCUT2D eigenvalue weighted by atomic mass is 9.95. The van der Waals surface area contributed by atoms with Crippen LogP contribution in [0.5, 0.6) is 0 Å². The Kier molecular flexibility index (Phi) is 6.84. The molecule has 0 aliphatic carbocycles. The van der Waals surface area contributed by atoms with Crippen molar-refractivity contribution >= 4 is 49.6 Å². The average Bonchev–Trinajstić information content (AvgIpc) is 3.50. The number of aromatic nitrogens is 1. The molecule has 0 spiro atoms. The first kappa shape index (κ1) is 27.9. The van der Waals surface area contributed by atoms with Crippen LogP contribution in [0.3, 0.4) is 0 Å². The molecule has 0 atom stereocenters. The Morgan fingerprint density at radius 3 is 1.62 bits per heavy atom. The van der Waals surface area contributed by atoms with Gasteiger partial charge in [-0.05, 0) is 88.3 Å². The zero-order valence-corrected chi connectivity index (χ0v) is 26.4. The van der Waals surface area contributed by atoms with E-state index >= 15 is 0 Å². The van der Waals surface area contributed by atoms with Gasteiger partial charge in [0.05, 0.1) is 16.7 Å².